The molecule has 1 amide bonds. The standard InChI is InChI=1S/C14H15N3O2/c1-16-14(19)9-7-17(8-5-6-8)11-4-2-3-10(15)12(11)13(9)18/h2-4,7-8H,5-6,15H2,1H3,(H,16,19). The lowest BCUT2D eigenvalue weighted by Crippen LogP contribution is -2.27. The van der Waals surface area contributed by atoms with Gasteiger partial charge in [0.1, 0.15) is 5.56 Å². The van der Waals surface area contributed by atoms with Crippen LogP contribution in [0.2, 0.25) is 0 Å². The zero-order valence-electron chi connectivity index (χ0n) is 10.6. The van der Waals surface area contributed by atoms with Gasteiger partial charge in [-0.25, -0.2) is 0 Å². The van der Waals surface area contributed by atoms with Crippen LogP contribution in [0.5, 0.6) is 0 Å². The maximum absolute atomic E-state index is 12.4. The van der Waals surface area contributed by atoms with Crippen LogP contribution in [0.3, 0.4) is 0 Å². The number of nitrogens with two attached hydrogens (primary N) is 1. The number of fused-ring (bicyclic) bond motifs is 1. The van der Waals surface area contributed by atoms with Gasteiger partial charge in [-0.3, -0.25) is 9.59 Å². The number of benzene rings is 1. The third-order valence-corrected chi connectivity index (χ3v) is 3.50. The minimum atomic E-state index is -0.371. The van der Waals surface area contributed by atoms with Crippen LogP contribution in [0, 0.1) is 0 Å². The Kier molecular flexibility index (Phi) is 2.55. The van der Waals surface area contributed by atoms with Crippen molar-refractivity contribution >= 4 is 22.5 Å². The second-order valence-corrected chi connectivity index (χ2v) is 4.83. The molecule has 1 aliphatic carbocycles. The molecule has 3 rings (SSSR count). The van der Waals surface area contributed by atoms with Gasteiger partial charge in [0.2, 0.25) is 5.43 Å². The lowest BCUT2D eigenvalue weighted by Gasteiger charge is -2.13. The van der Waals surface area contributed by atoms with E-state index in [9.17, 15) is 9.59 Å². The van der Waals surface area contributed by atoms with Crippen molar-refractivity contribution in [3.05, 3.63) is 40.2 Å². The van der Waals surface area contributed by atoms with E-state index in [4.69, 9.17) is 5.73 Å². The van der Waals surface area contributed by atoms with Gasteiger partial charge in [-0.15, -0.1) is 0 Å². The fraction of sp³-hybridized carbons (Fsp3) is 0.286. The number of aromatic nitrogens is 1. The minimum Gasteiger partial charge on any atom is -0.398 e. The molecule has 19 heavy (non-hydrogen) atoms. The summed E-state index contributed by atoms with van der Waals surface area (Å²) in [4.78, 5) is 24.2. The number of hydrogen-bond acceptors (Lipinski definition) is 3. The summed E-state index contributed by atoms with van der Waals surface area (Å²) >= 11 is 0. The lowest BCUT2D eigenvalue weighted by atomic mass is 10.1. The van der Waals surface area contributed by atoms with E-state index in [0.717, 1.165) is 18.4 Å². The van der Waals surface area contributed by atoms with E-state index in [2.05, 4.69) is 5.32 Å². The average molecular weight is 257 g/mol. The van der Waals surface area contributed by atoms with Crippen molar-refractivity contribution in [3.8, 4) is 0 Å². The van der Waals surface area contributed by atoms with Crippen LogP contribution in [-0.4, -0.2) is 17.5 Å². The first-order valence-corrected chi connectivity index (χ1v) is 6.29. The summed E-state index contributed by atoms with van der Waals surface area (Å²) in [5.74, 6) is -0.371. The Morgan fingerprint density at radius 3 is 2.79 bits per heavy atom. The van der Waals surface area contributed by atoms with E-state index in [0.29, 0.717) is 17.1 Å². The molecule has 1 heterocycles. The Balaban J connectivity index is 2.41. The van der Waals surface area contributed by atoms with Crippen molar-refractivity contribution in [2.75, 3.05) is 12.8 Å². The summed E-state index contributed by atoms with van der Waals surface area (Å²) in [7, 11) is 1.52. The predicted octanol–water partition coefficient (Wildman–Crippen LogP) is 1.28. The first-order valence-electron chi connectivity index (χ1n) is 6.29. The molecule has 5 heteroatoms. The van der Waals surface area contributed by atoms with Crippen molar-refractivity contribution < 1.29 is 4.79 Å². The summed E-state index contributed by atoms with van der Waals surface area (Å²) in [6.45, 7) is 0. The molecule has 98 valence electrons. The molecule has 1 aromatic heterocycles. The number of amides is 1. The summed E-state index contributed by atoms with van der Waals surface area (Å²) < 4.78 is 2.00. The van der Waals surface area contributed by atoms with E-state index in [1.165, 1.54) is 7.05 Å². The van der Waals surface area contributed by atoms with Crippen molar-refractivity contribution in [2.45, 2.75) is 18.9 Å². The molecular formula is C14H15N3O2. The fourth-order valence-electron chi connectivity index (χ4n) is 2.37. The number of nitrogens with zero attached hydrogens (tertiary/aromatic N) is 1. The van der Waals surface area contributed by atoms with Gasteiger partial charge in [0, 0.05) is 25.0 Å². The van der Waals surface area contributed by atoms with Gasteiger partial charge in [0.25, 0.3) is 5.91 Å². The topological polar surface area (TPSA) is 77.1 Å². The normalized spacial score (nSPS) is 14.6. The van der Waals surface area contributed by atoms with Crippen molar-refractivity contribution in [3.63, 3.8) is 0 Å². The SMILES string of the molecule is CNC(=O)c1cn(C2CC2)c2cccc(N)c2c1=O. The number of carbonyl (C=O) groups excluding carboxylic acids is 1. The molecule has 0 unspecified atom stereocenters. The average Bonchev–Trinajstić information content (AvgIpc) is 3.23. The van der Waals surface area contributed by atoms with Crippen LogP contribution < -0.4 is 16.5 Å². The maximum Gasteiger partial charge on any atom is 0.256 e. The highest BCUT2D eigenvalue weighted by molar-refractivity contribution is 6.00. The molecule has 0 bridgehead atoms. The summed E-state index contributed by atoms with van der Waals surface area (Å²) in [5, 5.41) is 2.94. The number of hydrogen-bond donors (Lipinski definition) is 2. The zero-order valence-corrected chi connectivity index (χ0v) is 10.6. The highest BCUT2D eigenvalue weighted by Gasteiger charge is 2.26. The van der Waals surface area contributed by atoms with Crippen molar-refractivity contribution in [2.24, 2.45) is 0 Å². The van der Waals surface area contributed by atoms with Crippen LogP contribution in [0.1, 0.15) is 29.2 Å². The summed E-state index contributed by atoms with van der Waals surface area (Å²) in [5.41, 5.74) is 6.99. The Morgan fingerprint density at radius 1 is 1.42 bits per heavy atom. The zero-order chi connectivity index (χ0) is 13.6. The predicted molar refractivity (Wildman–Crippen MR) is 74.3 cm³/mol. The van der Waals surface area contributed by atoms with Crippen LogP contribution in [0.4, 0.5) is 5.69 Å². The molecule has 5 nitrogen and oxygen atoms in total. The molecule has 1 saturated carbocycles. The van der Waals surface area contributed by atoms with E-state index in [1.54, 1.807) is 12.3 Å². The molecule has 0 aliphatic heterocycles. The lowest BCUT2D eigenvalue weighted by molar-refractivity contribution is 0.0961. The number of nitrogen functional groups attached to an aromatic ring is 1. The number of pyridine rings is 1. The molecule has 1 fully saturated rings. The molecule has 0 saturated heterocycles. The monoisotopic (exact) mass is 257 g/mol. The second kappa shape index (κ2) is 4.12. The quantitative estimate of drug-likeness (QED) is 0.795. The van der Waals surface area contributed by atoms with E-state index in [-0.39, 0.29) is 16.9 Å². The third-order valence-electron chi connectivity index (χ3n) is 3.50. The number of anilines is 1. The van der Waals surface area contributed by atoms with E-state index in [1.807, 2.05) is 16.7 Å². The Labute approximate surface area is 110 Å². The van der Waals surface area contributed by atoms with Gasteiger partial charge in [-0.05, 0) is 25.0 Å². The molecular weight excluding hydrogens is 242 g/mol. The van der Waals surface area contributed by atoms with Gasteiger partial charge >= 0.3 is 0 Å². The number of carbonyl (C=O) groups is 1. The summed E-state index contributed by atoms with van der Waals surface area (Å²) in [6, 6.07) is 5.76. The molecule has 0 spiro atoms. The Hall–Kier alpha value is -2.30. The highest BCUT2D eigenvalue weighted by atomic mass is 16.2. The van der Waals surface area contributed by atoms with Crippen molar-refractivity contribution in [1.82, 2.24) is 9.88 Å². The molecule has 1 aromatic carbocycles. The van der Waals surface area contributed by atoms with E-state index < -0.39 is 0 Å². The van der Waals surface area contributed by atoms with Gasteiger partial charge in [0.15, 0.2) is 0 Å². The van der Waals surface area contributed by atoms with Crippen molar-refractivity contribution in [1.29, 1.82) is 0 Å². The Morgan fingerprint density at radius 2 is 2.16 bits per heavy atom. The van der Waals surface area contributed by atoms with Gasteiger partial charge in [-0.2, -0.15) is 0 Å². The molecule has 3 N–H and O–H groups in total. The van der Waals surface area contributed by atoms with Gasteiger partial charge in [0.05, 0.1) is 10.9 Å². The van der Waals surface area contributed by atoms with Crippen LogP contribution in [0.25, 0.3) is 10.9 Å². The summed E-state index contributed by atoms with van der Waals surface area (Å²) in [6.07, 6.45) is 3.79. The largest absolute Gasteiger partial charge is 0.398 e. The minimum absolute atomic E-state index is 0.153. The fourth-order valence-corrected chi connectivity index (χ4v) is 2.37. The maximum atomic E-state index is 12.4. The smallest absolute Gasteiger partial charge is 0.256 e. The van der Waals surface area contributed by atoms with E-state index >= 15 is 0 Å². The van der Waals surface area contributed by atoms with Crippen LogP contribution in [0.15, 0.2) is 29.2 Å². The Bertz CT molecular complexity index is 729. The highest BCUT2D eigenvalue weighted by Crippen LogP contribution is 2.37. The van der Waals surface area contributed by atoms with Gasteiger partial charge in [-0.1, -0.05) is 6.07 Å². The third kappa shape index (κ3) is 1.78. The second-order valence-electron chi connectivity index (χ2n) is 4.83. The number of rotatable bonds is 2. The van der Waals surface area contributed by atoms with Gasteiger partial charge < -0.3 is 15.6 Å². The molecule has 0 radical (unpaired) electrons. The first kappa shape index (κ1) is 11.8. The molecule has 0 atom stereocenters. The molecule has 1 aliphatic rings. The first-order chi connectivity index (χ1) is 9.13. The number of nitrogens with one attached hydrogen (secondary N) is 1. The van der Waals surface area contributed by atoms with Crippen LogP contribution in [-0.2, 0) is 0 Å². The molecule has 2 aromatic rings. The van der Waals surface area contributed by atoms with Crippen LogP contribution >= 0.6 is 0 Å².